The Bertz CT molecular complexity index is 426. The monoisotopic (exact) mass is 334 g/mol. The third kappa shape index (κ3) is 4.65. The Labute approximate surface area is 139 Å². The third-order valence-corrected chi connectivity index (χ3v) is 4.25. The van der Waals surface area contributed by atoms with Gasteiger partial charge in [-0.1, -0.05) is 12.1 Å². The van der Waals surface area contributed by atoms with E-state index in [1.54, 1.807) is 9.80 Å². The van der Waals surface area contributed by atoms with E-state index in [4.69, 9.17) is 9.47 Å². The van der Waals surface area contributed by atoms with Crippen molar-refractivity contribution in [3.63, 3.8) is 0 Å². The summed E-state index contributed by atoms with van der Waals surface area (Å²) in [5, 5.41) is 0. The van der Waals surface area contributed by atoms with E-state index in [1.807, 2.05) is 24.3 Å². The van der Waals surface area contributed by atoms with Crippen LogP contribution in [0.4, 0.5) is 0 Å². The standard InChI is InChI=1S/C15H22N2O2.2ClH/c1-2-16-7-9-17(10-8-16)11-13-12-18-14-5-3-4-6-15(14)19-13;;/h3-6,13H,2,7-12H2,1H3;2*1H. The van der Waals surface area contributed by atoms with Crippen molar-refractivity contribution in [3.8, 4) is 11.5 Å². The van der Waals surface area contributed by atoms with Gasteiger partial charge in [-0.05, 0) is 19.1 Å². The van der Waals surface area contributed by atoms with Crippen LogP contribution in [0.2, 0.25) is 0 Å². The summed E-state index contributed by atoms with van der Waals surface area (Å²) in [5.41, 5.74) is 0. The van der Waals surface area contributed by atoms with Crippen LogP contribution >= 0.6 is 0 Å². The maximum absolute atomic E-state index is 6.04. The molecule has 1 fully saturated rings. The molecule has 1 aromatic rings. The zero-order valence-corrected chi connectivity index (χ0v) is 13.9. The van der Waals surface area contributed by atoms with E-state index in [-0.39, 0.29) is 30.9 Å². The fraction of sp³-hybridized carbons (Fsp3) is 0.600. The number of para-hydroxylation sites is 2. The Morgan fingerprint density at radius 2 is 1.62 bits per heavy atom. The molecule has 4 nitrogen and oxygen atoms in total. The molecule has 2 aliphatic heterocycles. The van der Waals surface area contributed by atoms with Gasteiger partial charge in [0, 0.05) is 0 Å². The van der Waals surface area contributed by atoms with Gasteiger partial charge in [-0.25, -0.2) is 0 Å². The first-order valence-corrected chi connectivity index (χ1v) is 7.40. The molecule has 1 unspecified atom stereocenters. The van der Waals surface area contributed by atoms with Crippen LogP contribution in [-0.2, 0) is 0 Å². The number of piperazine rings is 1. The van der Waals surface area contributed by atoms with Crippen LogP contribution in [0, 0.1) is 0 Å². The van der Waals surface area contributed by atoms with Crippen molar-refractivity contribution in [2.75, 3.05) is 45.9 Å². The minimum atomic E-state index is 0. The van der Waals surface area contributed by atoms with Gasteiger partial charge in [0.2, 0.25) is 0 Å². The highest BCUT2D eigenvalue weighted by Crippen LogP contribution is 2.30. The molecule has 120 valence electrons. The highest BCUT2D eigenvalue weighted by Gasteiger charge is 2.28. The number of quaternary nitrogens is 2. The van der Waals surface area contributed by atoms with Crippen molar-refractivity contribution >= 4 is 0 Å². The Kier molecular flexibility index (Phi) is 7.60. The molecule has 0 saturated carbocycles. The second-order valence-corrected chi connectivity index (χ2v) is 5.56. The molecule has 21 heavy (non-hydrogen) atoms. The van der Waals surface area contributed by atoms with E-state index in [1.165, 1.54) is 32.7 Å². The second-order valence-electron chi connectivity index (χ2n) is 5.56. The van der Waals surface area contributed by atoms with Crippen LogP contribution in [0.1, 0.15) is 6.92 Å². The van der Waals surface area contributed by atoms with E-state index in [2.05, 4.69) is 6.92 Å². The Hall–Kier alpha value is -0.680. The van der Waals surface area contributed by atoms with Gasteiger partial charge in [0.1, 0.15) is 39.3 Å². The number of rotatable bonds is 3. The summed E-state index contributed by atoms with van der Waals surface area (Å²) < 4.78 is 11.8. The zero-order chi connectivity index (χ0) is 13.1. The van der Waals surface area contributed by atoms with Gasteiger partial charge in [0.25, 0.3) is 0 Å². The molecular weight excluding hydrogens is 311 g/mol. The van der Waals surface area contributed by atoms with Crippen molar-refractivity contribution in [3.05, 3.63) is 24.3 Å². The van der Waals surface area contributed by atoms with Crippen LogP contribution < -0.4 is 44.1 Å². The summed E-state index contributed by atoms with van der Waals surface area (Å²) in [7, 11) is 0. The quantitative estimate of drug-likeness (QED) is 0.575. The van der Waals surface area contributed by atoms with E-state index >= 15 is 0 Å². The second kappa shape index (κ2) is 8.69. The lowest BCUT2D eigenvalue weighted by Gasteiger charge is -2.33. The summed E-state index contributed by atoms with van der Waals surface area (Å²) in [5.74, 6) is 1.78. The van der Waals surface area contributed by atoms with Crippen molar-refractivity contribution in [2.45, 2.75) is 13.0 Å². The number of ether oxygens (including phenoxy) is 2. The van der Waals surface area contributed by atoms with Gasteiger partial charge in [-0.3, -0.25) is 0 Å². The normalized spacial score (nSPS) is 27.2. The molecular formula is C15H24Cl2N2O2. The van der Waals surface area contributed by atoms with Crippen molar-refractivity contribution in [2.24, 2.45) is 0 Å². The fourth-order valence-corrected chi connectivity index (χ4v) is 3.00. The van der Waals surface area contributed by atoms with Crippen LogP contribution in [0.15, 0.2) is 24.3 Å². The minimum absolute atomic E-state index is 0. The van der Waals surface area contributed by atoms with Crippen molar-refractivity contribution in [1.82, 2.24) is 0 Å². The maximum atomic E-state index is 6.04. The van der Waals surface area contributed by atoms with Gasteiger partial charge in [0.05, 0.1) is 6.54 Å². The van der Waals surface area contributed by atoms with Crippen LogP contribution in [-0.4, -0.2) is 52.0 Å². The van der Waals surface area contributed by atoms with Crippen molar-refractivity contribution < 1.29 is 44.1 Å². The highest BCUT2D eigenvalue weighted by atomic mass is 35.5. The lowest BCUT2D eigenvalue weighted by Crippen LogP contribution is -3.28. The number of nitrogens with one attached hydrogen (secondary N) is 2. The Balaban J connectivity index is 0.00000110. The van der Waals surface area contributed by atoms with Gasteiger partial charge < -0.3 is 44.1 Å². The molecule has 3 rings (SSSR count). The smallest absolute Gasteiger partial charge is 0.181 e. The molecule has 0 radical (unpaired) electrons. The molecule has 0 spiro atoms. The molecule has 1 atom stereocenters. The fourth-order valence-electron chi connectivity index (χ4n) is 3.00. The average Bonchev–Trinajstić information content (AvgIpc) is 2.48. The molecule has 2 heterocycles. The lowest BCUT2D eigenvalue weighted by atomic mass is 10.2. The number of hydrogen-bond donors (Lipinski definition) is 2. The topological polar surface area (TPSA) is 27.3 Å². The lowest BCUT2D eigenvalue weighted by molar-refractivity contribution is -1.01. The van der Waals surface area contributed by atoms with E-state index in [0.717, 1.165) is 18.0 Å². The van der Waals surface area contributed by atoms with Crippen LogP contribution in [0.5, 0.6) is 11.5 Å². The van der Waals surface area contributed by atoms with Crippen LogP contribution in [0.25, 0.3) is 0 Å². The third-order valence-electron chi connectivity index (χ3n) is 4.25. The predicted octanol–water partition coefficient (Wildman–Crippen LogP) is -7.36. The molecule has 6 heteroatoms. The van der Waals surface area contributed by atoms with E-state index < -0.39 is 0 Å². The number of hydrogen-bond acceptors (Lipinski definition) is 2. The highest BCUT2D eigenvalue weighted by molar-refractivity contribution is 5.40. The number of fused-ring (bicyclic) bond motifs is 1. The van der Waals surface area contributed by atoms with Gasteiger partial charge in [-0.15, -0.1) is 0 Å². The summed E-state index contributed by atoms with van der Waals surface area (Å²) in [6.07, 6.45) is 0.202. The van der Waals surface area contributed by atoms with Gasteiger partial charge in [-0.2, -0.15) is 0 Å². The van der Waals surface area contributed by atoms with Gasteiger partial charge >= 0.3 is 0 Å². The van der Waals surface area contributed by atoms with E-state index in [9.17, 15) is 0 Å². The Morgan fingerprint density at radius 1 is 1.00 bits per heavy atom. The molecule has 0 aliphatic carbocycles. The number of halogens is 2. The molecule has 0 bridgehead atoms. The average molecular weight is 335 g/mol. The zero-order valence-electron chi connectivity index (χ0n) is 12.4. The summed E-state index contributed by atoms with van der Waals surface area (Å²) >= 11 is 0. The van der Waals surface area contributed by atoms with Crippen molar-refractivity contribution in [1.29, 1.82) is 0 Å². The first kappa shape index (κ1) is 18.4. The molecule has 1 aromatic carbocycles. The summed E-state index contributed by atoms with van der Waals surface area (Å²) in [6.45, 7) is 10.4. The molecule has 2 aliphatic rings. The predicted molar refractivity (Wildman–Crippen MR) is 73.2 cm³/mol. The molecule has 1 saturated heterocycles. The summed E-state index contributed by atoms with van der Waals surface area (Å²) in [4.78, 5) is 3.39. The Morgan fingerprint density at radius 3 is 2.29 bits per heavy atom. The first-order chi connectivity index (χ1) is 9.35. The minimum Gasteiger partial charge on any atom is -1.00 e. The number of likely N-dealkylation sites (N-methyl/N-ethyl adjacent to an activating group) is 1. The number of benzene rings is 1. The molecule has 0 aromatic heterocycles. The van der Waals surface area contributed by atoms with E-state index in [0.29, 0.717) is 6.61 Å². The summed E-state index contributed by atoms with van der Waals surface area (Å²) in [6, 6.07) is 7.96. The largest absolute Gasteiger partial charge is 1.00 e. The first-order valence-electron chi connectivity index (χ1n) is 7.40. The maximum Gasteiger partial charge on any atom is 0.181 e. The molecule has 0 amide bonds. The SMILES string of the molecule is CC[NH+]1CC[NH+](CC2COc3ccccc3O2)CC1.[Cl-].[Cl-]. The van der Waals surface area contributed by atoms with Crippen LogP contribution in [0.3, 0.4) is 0 Å². The molecule has 2 N–H and O–H groups in total. The van der Waals surface area contributed by atoms with Gasteiger partial charge in [0.15, 0.2) is 17.6 Å².